The van der Waals surface area contributed by atoms with E-state index in [1.54, 1.807) is 23.1 Å². The van der Waals surface area contributed by atoms with Crippen LogP contribution < -0.4 is 5.90 Å². The predicted molar refractivity (Wildman–Crippen MR) is 47.7 cm³/mol. The Balaban J connectivity index is 2.27. The Bertz CT molecular complexity index is 214. The average molecular weight is 190 g/mol. The van der Waals surface area contributed by atoms with Crippen molar-refractivity contribution >= 4 is 23.1 Å². The zero-order valence-corrected chi connectivity index (χ0v) is 7.87. The van der Waals surface area contributed by atoms with Crippen LogP contribution in [0.4, 0.5) is 0 Å². The van der Waals surface area contributed by atoms with E-state index in [9.17, 15) is 0 Å². The zero-order chi connectivity index (χ0) is 8.10. The van der Waals surface area contributed by atoms with Crippen molar-refractivity contribution in [2.45, 2.75) is 11.3 Å². The van der Waals surface area contributed by atoms with E-state index in [-0.39, 0.29) is 0 Å². The van der Waals surface area contributed by atoms with E-state index in [1.807, 2.05) is 12.3 Å². The summed E-state index contributed by atoms with van der Waals surface area (Å²) >= 11 is 3.32. The van der Waals surface area contributed by atoms with Gasteiger partial charge in [0.25, 0.3) is 0 Å². The van der Waals surface area contributed by atoms with Crippen LogP contribution in [-0.4, -0.2) is 17.3 Å². The summed E-state index contributed by atoms with van der Waals surface area (Å²) in [5.41, 5.74) is 1.08. The van der Waals surface area contributed by atoms with Crippen molar-refractivity contribution in [2.75, 3.05) is 12.4 Å². The minimum absolute atomic E-state index is 0.573. The minimum Gasteiger partial charge on any atom is -0.304 e. The third-order valence-electron chi connectivity index (χ3n) is 1.02. The lowest BCUT2D eigenvalue weighted by Gasteiger charge is -1.93. The molecule has 0 atom stereocenters. The van der Waals surface area contributed by atoms with E-state index in [0.29, 0.717) is 6.61 Å². The molecule has 0 radical (unpaired) electrons. The first-order valence-electron chi connectivity index (χ1n) is 3.19. The molecule has 0 amide bonds. The molecule has 0 saturated heterocycles. The average Bonchev–Trinajstić information content (AvgIpc) is 2.37. The third kappa shape index (κ3) is 3.20. The molecule has 0 aliphatic carbocycles. The van der Waals surface area contributed by atoms with E-state index < -0.39 is 0 Å². The first-order chi connectivity index (χ1) is 5.33. The molecule has 1 aromatic heterocycles. The number of hydrogen-bond donors (Lipinski definition) is 1. The zero-order valence-electron chi connectivity index (χ0n) is 6.24. The van der Waals surface area contributed by atoms with Crippen LogP contribution in [-0.2, 0) is 4.84 Å². The van der Waals surface area contributed by atoms with Gasteiger partial charge in [0, 0.05) is 16.8 Å². The van der Waals surface area contributed by atoms with E-state index in [2.05, 4.69) is 9.82 Å². The number of nitrogens with zero attached hydrogens (tertiary/aromatic N) is 1. The molecule has 62 valence electrons. The highest BCUT2D eigenvalue weighted by molar-refractivity contribution is 8.01. The highest BCUT2D eigenvalue weighted by Crippen LogP contribution is 2.21. The molecular weight excluding hydrogens is 180 g/mol. The summed E-state index contributed by atoms with van der Waals surface area (Å²) in [6.07, 6.45) is 0. The minimum atomic E-state index is 0.573. The summed E-state index contributed by atoms with van der Waals surface area (Å²) in [7, 11) is 0. The molecule has 0 saturated carbocycles. The maximum atomic E-state index is 4.87. The van der Waals surface area contributed by atoms with Gasteiger partial charge in [-0.1, -0.05) is 11.8 Å². The van der Waals surface area contributed by atoms with Crippen LogP contribution in [0.25, 0.3) is 0 Å². The number of aromatic nitrogens is 1. The molecule has 2 N–H and O–H groups in total. The fourth-order valence-corrected chi connectivity index (χ4v) is 2.33. The summed E-state index contributed by atoms with van der Waals surface area (Å²) in [5.74, 6) is 5.73. The number of hydrogen-bond acceptors (Lipinski definition) is 5. The molecule has 1 aromatic rings. The van der Waals surface area contributed by atoms with Crippen LogP contribution in [0.2, 0.25) is 0 Å². The van der Waals surface area contributed by atoms with Gasteiger partial charge in [0.2, 0.25) is 0 Å². The van der Waals surface area contributed by atoms with Gasteiger partial charge in [-0.3, -0.25) is 0 Å². The highest BCUT2D eigenvalue weighted by Gasteiger charge is 1.97. The van der Waals surface area contributed by atoms with Gasteiger partial charge < -0.3 is 4.84 Å². The fraction of sp³-hybridized carbons (Fsp3) is 0.500. The van der Waals surface area contributed by atoms with Gasteiger partial charge in [0.15, 0.2) is 0 Å². The quantitative estimate of drug-likeness (QED) is 0.443. The molecule has 11 heavy (non-hydrogen) atoms. The number of nitrogens with two attached hydrogens (primary N) is 1. The van der Waals surface area contributed by atoms with Crippen LogP contribution in [0.1, 0.15) is 5.69 Å². The Morgan fingerprint density at radius 3 is 3.18 bits per heavy atom. The Kier molecular flexibility index (Phi) is 3.85. The number of thioether (sulfide) groups is 1. The molecule has 1 heterocycles. The van der Waals surface area contributed by atoms with Crippen LogP contribution in [0, 0.1) is 6.92 Å². The molecule has 1 rings (SSSR count). The summed E-state index contributed by atoms with van der Waals surface area (Å²) in [4.78, 5) is 8.69. The van der Waals surface area contributed by atoms with Crippen LogP contribution >= 0.6 is 23.1 Å². The van der Waals surface area contributed by atoms with E-state index >= 15 is 0 Å². The Morgan fingerprint density at radius 1 is 1.82 bits per heavy atom. The van der Waals surface area contributed by atoms with E-state index in [1.165, 1.54) is 0 Å². The molecule has 0 aromatic carbocycles. The summed E-state index contributed by atoms with van der Waals surface area (Å²) < 4.78 is 1.08. The van der Waals surface area contributed by atoms with Crippen molar-refractivity contribution in [3.05, 3.63) is 11.1 Å². The SMILES string of the molecule is Cc1csc(SCCON)n1. The van der Waals surface area contributed by atoms with E-state index in [4.69, 9.17) is 5.90 Å². The molecule has 0 fully saturated rings. The van der Waals surface area contributed by atoms with Gasteiger partial charge in [-0.05, 0) is 6.92 Å². The largest absolute Gasteiger partial charge is 0.304 e. The van der Waals surface area contributed by atoms with Crippen molar-refractivity contribution < 1.29 is 4.84 Å². The van der Waals surface area contributed by atoms with Crippen LogP contribution in [0.5, 0.6) is 0 Å². The Morgan fingerprint density at radius 2 is 2.64 bits per heavy atom. The van der Waals surface area contributed by atoms with E-state index in [0.717, 1.165) is 15.8 Å². The monoisotopic (exact) mass is 190 g/mol. The van der Waals surface area contributed by atoms with Crippen molar-refractivity contribution in [2.24, 2.45) is 5.90 Å². The Labute approximate surface area is 73.9 Å². The second-order valence-corrected chi connectivity index (χ2v) is 4.17. The predicted octanol–water partition coefficient (Wildman–Crippen LogP) is 1.43. The van der Waals surface area contributed by atoms with Gasteiger partial charge in [0.1, 0.15) is 4.34 Å². The van der Waals surface area contributed by atoms with Crippen molar-refractivity contribution in [1.29, 1.82) is 0 Å². The molecule has 0 unspecified atom stereocenters. The summed E-state index contributed by atoms with van der Waals surface area (Å²) in [6.45, 7) is 2.56. The normalized spacial score (nSPS) is 10.4. The van der Waals surface area contributed by atoms with Crippen LogP contribution in [0.3, 0.4) is 0 Å². The lowest BCUT2D eigenvalue weighted by Crippen LogP contribution is -2.02. The molecule has 5 heteroatoms. The van der Waals surface area contributed by atoms with Crippen molar-refractivity contribution in [3.8, 4) is 0 Å². The number of rotatable bonds is 4. The second kappa shape index (κ2) is 4.71. The lowest BCUT2D eigenvalue weighted by molar-refractivity contribution is 0.155. The lowest BCUT2D eigenvalue weighted by atomic mass is 10.6. The standard InChI is InChI=1S/C6H10N2OS2/c1-5-4-11-6(8-5)10-3-2-9-7/h4H,2-3,7H2,1H3. The maximum Gasteiger partial charge on any atom is 0.150 e. The topological polar surface area (TPSA) is 48.1 Å². The molecule has 3 nitrogen and oxygen atoms in total. The molecule has 0 aliphatic heterocycles. The van der Waals surface area contributed by atoms with Crippen LogP contribution in [0.15, 0.2) is 9.72 Å². The van der Waals surface area contributed by atoms with Crippen molar-refractivity contribution in [3.63, 3.8) is 0 Å². The first kappa shape index (κ1) is 8.99. The smallest absolute Gasteiger partial charge is 0.150 e. The molecular formula is C6H10N2OS2. The summed E-state index contributed by atoms with van der Waals surface area (Å²) in [5, 5.41) is 2.03. The fourth-order valence-electron chi connectivity index (χ4n) is 0.576. The molecule has 0 spiro atoms. The number of aryl methyl sites for hydroxylation is 1. The van der Waals surface area contributed by atoms with Gasteiger partial charge >= 0.3 is 0 Å². The van der Waals surface area contributed by atoms with Gasteiger partial charge in [-0.2, -0.15) is 0 Å². The first-order valence-corrected chi connectivity index (χ1v) is 5.06. The maximum absolute atomic E-state index is 4.87. The second-order valence-electron chi connectivity index (χ2n) is 1.97. The van der Waals surface area contributed by atoms with Gasteiger partial charge in [-0.15, -0.1) is 11.3 Å². The third-order valence-corrected chi connectivity index (χ3v) is 3.13. The number of thiazole rings is 1. The molecule has 0 aliphatic rings. The van der Waals surface area contributed by atoms with Gasteiger partial charge in [-0.25, -0.2) is 10.9 Å². The Hall–Kier alpha value is -0.100. The molecule has 0 bridgehead atoms. The van der Waals surface area contributed by atoms with Gasteiger partial charge in [0.05, 0.1) is 6.61 Å². The van der Waals surface area contributed by atoms with Crippen molar-refractivity contribution in [1.82, 2.24) is 4.98 Å². The summed E-state index contributed by atoms with van der Waals surface area (Å²) in [6, 6.07) is 0. The highest BCUT2D eigenvalue weighted by atomic mass is 32.2.